The lowest BCUT2D eigenvalue weighted by Gasteiger charge is -2.31. The number of ether oxygens (including phenoxy) is 3. The van der Waals surface area contributed by atoms with Crippen LogP contribution >= 0.6 is 0 Å². The maximum Gasteiger partial charge on any atom is 0.227 e. The molecule has 0 atom stereocenters. The van der Waals surface area contributed by atoms with Crippen molar-refractivity contribution in [1.82, 2.24) is 24.5 Å². The Labute approximate surface area is 200 Å². The number of anilines is 3. The van der Waals surface area contributed by atoms with E-state index in [2.05, 4.69) is 38.6 Å². The second-order valence-corrected chi connectivity index (χ2v) is 8.59. The van der Waals surface area contributed by atoms with E-state index in [9.17, 15) is 0 Å². The Kier molecular flexibility index (Phi) is 8.25. The lowest BCUT2D eigenvalue weighted by Crippen LogP contribution is -2.37. The molecule has 1 fully saturated rings. The summed E-state index contributed by atoms with van der Waals surface area (Å²) in [5, 5.41) is 3.33. The second kappa shape index (κ2) is 11.5. The summed E-state index contributed by atoms with van der Waals surface area (Å²) >= 11 is 0. The first-order valence-corrected chi connectivity index (χ1v) is 12.0. The largest absolute Gasteiger partial charge is 0.381 e. The van der Waals surface area contributed by atoms with Crippen molar-refractivity contribution in [3.05, 3.63) is 30.4 Å². The SMILES string of the molecule is CCOCCOCc1nc2cnc(Nc3ccnc(N4CCC(OC)CC4)n3)cc2n1C(C)C. The highest BCUT2D eigenvalue weighted by Crippen LogP contribution is 2.25. The number of methoxy groups -OCH3 is 1. The molecule has 10 nitrogen and oxygen atoms in total. The Morgan fingerprint density at radius 2 is 1.88 bits per heavy atom. The summed E-state index contributed by atoms with van der Waals surface area (Å²) in [7, 11) is 1.77. The number of pyridine rings is 1. The molecule has 0 aliphatic carbocycles. The van der Waals surface area contributed by atoms with Gasteiger partial charge in [0.2, 0.25) is 5.95 Å². The van der Waals surface area contributed by atoms with Gasteiger partial charge in [0.25, 0.3) is 0 Å². The summed E-state index contributed by atoms with van der Waals surface area (Å²) in [4.78, 5) is 20.7. The monoisotopic (exact) mass is 469 g/mol. The molecule has 10 heteroatoms. The van der Waals surface area contributed by atoms with Crippen molar-refractivity contribution in [2.45, 2.75) is 52.4 Å². The number of fused-ring (bicyclic) bond motifs is 1. The van der Waals surface area contributed by atoms with E-state index in [1.54, 1.807) is 19.5 Å². The first kappa shape index (κ1) is 24.3. The molecule has 0 amide bonds. The first-order valence-electron chi connectivity index (χ1n) is 12.0. The average molecular weight is 470 g/mol. The van der Waals surface area contributed by atoms with Gasteiger partial charge in [0, 0.05) is 45.1 Å². The normalized spacial score (nSPS) is 14.9. The highest BCUT2D eigenvalue weighted by Gasteiger charge is 2.21. The van der Waals surface area contributed by atoms with Gasteiger partial charge in [-0.2, -0.15) is 4.98 Å². The highest BCUT2D eigenvalue weighted by molar-refractivity contribution is 5.79. The molecule has 0 aromatic carbocycles. The quantitative estimate of drug-likeness (QED) is 0.421. The van der Waals surface area contributed by atoms with Crippen LogP contribution in [0.1, 0.15) is 45.5 Å². The van der Waals surface area contributed by atoms with E-state index in [0.717, 1.165) is 48.7 Å². The molecular formula is C24H35N7O3. The molecular weight excluding hydrogens is 434 g/mol. The van der Waals surface area contributed by atoms with Crippen LogP contribution in [-0.2, 0) is 20.8 Å². The van der Waals surface area contributed by atoms with Gasteiger partial charge in [-0.15, -0.1) is 0 Å². The molecule has 4 rings (SSSR count). The van der Waals surface area contributed by atoms with E-state index in [-0.39, 0.29) is 6.04 Å². The highest BCUT2D eigenvalue weighted by atomic mass is 16.5. The van der Waals surface area contributed by atoms with Gasteiger partial charge in [0.05, 0.1) is 31.0 Å². The number of imidazole rings is 1. The number of nitrogens with one attached hydrogen (secondary N) is 1. The van der Waals surface area contributed by atoms with Gasteiger partial charge < -0.3 is 29.0 Å². The van der Waals surface area contributed by atoms with E-state index in [0.29, 0.717) is 44.2 Å². The molecule has 34 heavy (non-hydrogen) atoms. The van der Waals surface area contributed by atoms with E-state index in [1.807, 2.05) is 19.1 Å². The van der Waals surface area contributed by atoms with Crippen molar-refractivity contribution in [3.63, 3.8) is 0 Å². The smallest absolute Gasteiger partial charge is 0.227 e. The Morgan fingerprint density at radius 3 is 2.62 bits per heavy atom. The van der Waals surface area contributed by atoms with Crippen molar-refractivity contribution in [2.75, 3.05) is 50.2 Å². The minimum Gasteiger partial charge on any atom is -0.381 e. The molecule has 3 aromatic heterocycles. The average Bonchev–Trinajstić information content (AvgIpc) is 3.22. The van der Waals surface area contributed by atoms with E-state index >= 15 is 0 Å². The van der Waals surface area contributed by atoms with Crippen LogP contribution in [0.25, 0.3) is 11.0 Å². The van der Waals surface area contributed by atoms with Crippen molar-refractivity contribution in [1.29, 1.82) is 0 Å². The van der Waals surface area contributed by atoms with E-state index in [4.69, 9.17) is 24.2 Å². The summed E-state index contributed by atoms with van der Waals surface area (Å²) in [5.74, 6) is 3.02. The van der Waals surface area contributed by atoms with Gasteiger partial charge in [-0.25, -0.2) is 15.0 Å². The minimum atomic E-state index is 0.228. The Morgan fingerprint density at radius 1 is 1.09 bits per heavy atom. The van der Waals surface area contributed by atoms with Gasteiger partial charge in [-0.1, -0.05) is 0 Å². The molecule has 0 unspecified atom stereocenters. The summed E-state index contributed by atoms with van der Waals surface area (Å²) in [6.45, 7) is 10.3. The zero-order valence-corrected chi connectivity index (χ0v) is 20.5. The first-order chi connectivity index (χ1) is 16.6. The summed E-state index contributed by atoms with van der Waals surface area (Å²) in [6.07, 6.45) is 5.85. The maximum atomic E-state index is 5.78. The number of piperidine rings is 1. The molecule has 184 valence electrons. The molecule has 0 radical (unpaired) electrons. The number of aromatic nitrogens is 5. The molecule has 0 saturated carbocycles. The van der Waals surface area contributed by atoms with Gasteiger partial charge in [-0.3, -0.25) is 0 Å². The van der Waals surface area contributed by atoms with Gasteiger partial charge in [0.15, 0.2) is 0 Å². The fraction of sp³-hybridized carbons (Fsp3) is 0.583. The lowest BCUT2D eigenvalue weighted by molar-refractivity contribution is 0.0417. The molecule has 0 bridgehead atoms. The van der Waals surface area contributed by atoms with Crippen LogP contribution in [0.2, 0.25) is 0 Å². The fourth-order valence-corrected chi connectivity index (χ4v) is 4.21. The topological polar surface area (TPSA) is 99.4 Å². The van der Waals surface area contributed by atoms with Gasteiger partial charge >= 0.3 is 0 Å². The second-order valence-electron chi connectivity index (χ2n) is 8.59. The van der Waals surface area contributed by atoms with Crippen molar-refractivity contribution < 1.29 is 14.2 Å². The molecule has 1 aliphatic heterocycles. The van der Waals surface area contributed by atoms with Gasteiger partial charge in [0.1, 0.15) is 29.6 Å². The summed E-state index contributed by atoms with van der Waals surface area (Å²) < 4.78 is 18.8. The van der Waals surface area contributed by atoms with Gasteiger partial charge in [-0.05, 0) is 39.7 Å². The molecule has 3 aromatic rings. The molecule has 1 saturated heterocycles. The third kappa shape index (κ3) is 5.81. The van der Waals surface area contributed by atoms with Crippen LogP contribution in [0.3, 0.4) is 0 Å². The van der Waals surface area contributed by atoms with Crippen LogP contribution < -0.4 is 10.2 Å². The number of rotatable bonds is 11. The molecule has 1 N–H and O–H groups in total. The Hall–Kier alpha value is -2.82. The summed E-state index contributed by atoms with van der Waals surface area (Å²) in [5.41, 5.74) is 1.85. The third-order valence-corrected chi connectivity index (χ3v) is 5.93. The number of hydrogen-bond acceptors (Lipinski definition) is 9. The number of hydrogen-bond donors (Lipinski definition) is 1. The van der Waals surface area contributed by atoms with Crippen molar-refractivity contribution >= 4 is 28.6 Å². The van der Waals surface area contributed by atoms with Crippen LogP contribution in [0.4, 0.5) is 17.6 Å². The third-order valence-electron chi connectivity index (χ3n) is 5.93. The van der Waals surface area contributed by atoms with Crippen LogP contribution in [0, 0.1) is 0 Å². The predicted octanol–water partition coefficient (Wildman–Crippen LogP) is 3.71. The molecule has 0 spiro atoms. The lowest BCUT2D eigenvalue weighted by atomic mass is 10.1. The fourth-order valence-electron chi connectivity index (χ4n) is 4.21. The zero-order valence-electron chi connectivity index (χ0n) is 20.5. The van der Waals surface area contributed by atoms with Crippen molar-refractivity contribution in [3.8, 4) is 0 Å². The Balaban J connectivity index is 1.49. The summed E-state index contributed by atoms with van der Waals surface area (Å²) in [6, 6.07) is 4.10. The van der Waals surface area contributed by atoms with E-state index in [1.165, 1.54) is 0 Å². The maximum absolute atomic E-state index is 5.78. The van der Waals surface area contributed by atoms with Crippen molar-refractivity contribution in [2.24, 2.45) is 0 Å². The minimum absolute atomic E-state index is 0.228. The van der Waals surface area contributed by atoms with Crippen LogP contribution in [0.5, 0.6) is 0 Å². The number of nitrogens with zero attached hydrogens (tertiary/aromatic N) is 6. The Bertz CT molecular complexity index is 1060. The van der Waals surface area contributed by atoms with E-state index < -0.39 is 0 Å². The van der Waals surface area contributed by atoms with Crippen LogP contribution in [0.15, 0.2) is 24.5 Å². The standard InChI is InChI=1S/C24H35N7O3/c1-5-33-12-13-34-16-23-27-19-15-26-22(14-20(19)31(23)17(2)3)28-21-6-9-25-24(29-21)30-10-7-18(32-4)8-11-30/h6,9,14-15,17-18H,5,7-8,10-13,16H2,1-4H3,(H,25,26,28,29). The predicted molar refractivity (Wildman–Crippen MR) is 132 cm³/mol. The molecule has 1 aliphatic rings. The van der Waals surface area contributed by atoms with Crippen LogP contribution in [-0.4, -0.2) is 70.6 Å². The molecule has 4 heterocycles. The zero-order chi connectivity index (χ0) is 23.9.